The van der Waals surface area contributed by atoms with Crippen molar-refractivity contribution in [2.75, 3.05) is 26.2 Å². The lowest BCUT2D eigenvalue weighted by atomic mass is 9.95. The monoisotopic (exact) mass is 312 g/mol. The second-order valence-corrected chi connectivity index (χ2v) is 6.19. The third kappa shape index (κ3) is 8.16. The predicted octanol–water partition coefficient (Wildman–Crippen LogP) is 2.97. The van der Waals surface area contributed by atoms with Crippen LogP contribution in [-0.4, -0.2) is 49.8 Å². The summed E-state index contributed by atoms with van der Waals surface area (Å²) in [7, 11) is 0. The topological polar surface area (TPSA) is 48.0 Å². The number of amides is 1. The number of hydrogen-bond donors (Lipinski definition) is 0. The van der Waals surface area contributed by atoms with E-state index in [1.807, 2.05) is 0 Å². The number of carbonyl (C=O) groups is 1. The van der Waals surface area contributed by atoms with Crippen molar-refractivity contribution in [3.63, 3.8) is 0 Å². The van der Waals surface area contributed by atoms with Crippen molar-refractivity contribution in [3.05, 3.63) is 0 Å². The molecular formula is C12H22BF3NO4-. The van der Waals surface area contributed by atoms with Crippen molar-refractivity contribution < 1.29 is 32.3 Å². The Hall–Kier alpha value is -0.955. The van der Waals surface area contributed by atoms with E-state index in [0.717, 1.165) is 0 Å². The van der Waals surface area contributed by atoms with Crippen LogP contribution in [0.15, 0.2) is 0 Å². The zero-order valence-electron chi connectivity index (χ0n) is 12.6. The molecule has 1 rings (SSSR count). The fourth-order valence-electron chi connectivity index (χ4n) is 1.88. The number of halogens is 3. The zero-order valence-corrected chi connectivity index (χ0v) is 12.6. The summed E-state index contributed by atoms with van der Waals surface area (Å²) in [6, 6.07) is 0. The van der Waals surface area contributed by atoms with E-state index in [-0.39, 0.29) is 18.6 Å². The lowest BCUT2D eigenvalue weighted by Crippen LogP contribution is -2.42. The van der Waals surface area contributed by atoms with Crippen molar-refractivity contribution in [2.45, 2.75) is 39.2 Å². The summed E-state index contributed by atoms with van der Waals surface area (Å²) in [5, 5.41) is 0. The van der Waals surface area contributed by atoms with Gasteiger partial charge in [0.1, 0.15) is 5.60 Å². The second kappa shape index (κ2) is 7.35. The lowest BCUT2D eigenvalue weighted by molar-refractivity contribution is -0.293. The van der Waals surface area contributed by atoms with Gasteiger partial charge in [0.2, 0.25) is 0 Å². The number of nitrogens with zero attached hydrogens (tertiary/aromatic N) is 1. The molecule has 0 unspecified atom stereocenters. The molecule has 1 heterocycles. The normalized spacial score (nSPS) is 17.9. The minimum Gasteiger partial charge on any atom is -0.447 e. The highest BCUT2D eigenvalue weighted by molar-refractivity contribution is 6.58. The summed E-state index contributed by atoms with van der Waals surface area (Å²) in [5.41, 5.74) is -0.537. The van der Waals surface area contributed by atoms with Gasteiger partial charge in [0.15, 0.2) is 0 Å². The average Bonchev–Trinajstić information content (AvgIpc) is 2.32. The number of piperidine rings is 1. The van der Waals surface area contributed by atoms with Crippen LogP contribution in [-0.2, 0) is 14.5 Å². The van der Waals surface area contributed by atoms with Crippen molar-refractivity contribution in [3.8, 4) is 0 Å². The maximum atomic E-state index is 11.9. The van der Waals surface area contributed by atoms with Gasteiger partial charge in [-0.2, -0.15) is 0 Å². The van der Waals surface area contributed by atoms with Gasteiger partial charge < -0.3 is 22.6 Å². The molecule has 0 bridgehead atoms. The van der Waals surface area contributed by atoms with Crippen LogP contribution in [0.25, 0.3) is 0 Å². The van der Waals surface area contributed by atoms with E-state index in [4.69, 9.17) is 4.74 Å². The maximum absolute atomic E-state index is 11.9. The van der Waals surface area contributed by atoms with E-state index in [1.54, 1.807) is 25.7 Å². The molecule has 0 saturated carbocycles. The highest BCUT2D eigenvalue weighted by atomic mass is 19.4. The molecule has 0 N–H and O–H groups in total. The molecule has 0 atom stereocenters. The van der Waals surface area contributed by atoms with E-state index < -0.39 is 19.1 Å². The highest BCUT2D eigenvalue weighted by Gasteiger charge is 2.28. The van der Waals surface area contributed by atoms with Crippen LogP contribution in [0.5, 0.6) is 0 Å². The Morgan fingerprint density at radius 2 is 1.76 bits per heavy atom. The van der Waals surface area contributed by atoms with Gasteiger partial charge >= 0.3 is 13.1 Å². The Labute approximate surface area is 122 Å². The molecule has 124 valence electrons. The van der Waals surface area contributed by atoms with Crippen molar-refractivity contribution in [2.24, 2.45) is 5.92 Å². The smallest absolute Gasteiger partial charge is 0.447 e. The summed E-state index contributed by atoms with van der Waals surface area (Å²) in [5.74, 6) is 0.0874. The van der Waals surface area contributed by atoms with Crippen molar-refractivity contribution >= 4 is 13.1 Å². The van der Waals surface area contributed by atoms with Gasteiger partial charge in [0, 0.05) is 13.1 Å². The molecule has 0 aliphatic carbocycles. The van der Waals surface area contributed by atoms with Crippen LogP contribution < -0.4 is 0 Å². The SMILES string of the molecule is CC(C)(C)OC(=O)N1CCC(COOC[B-](F)(F)F)CC1. The fraction of sp³-hybridized carbons (Fsp3) is 0.917. The van der Waals surface area contributed by atoms with E-state index in [1.165, 1.54) is 0 Å². The molecule has 1 fully saturated rings. The quantitative estimate of drug-likeness (QED) is 0.339. The first-order valence-electron chi connectivity index (χ1n) is 7.00. The summed E-state index contributed by atoms with van der Waals surface area (Å²) < 4.78 is 40.9. The average molecular weight is 312 g/mol. The number of rotatable bonds is 5. The molecule has 0 aromatic rings. The number of likely N-dealkylation sites (tertiary alicyclic amines) is 1. The first kappa shape index (κ1) is 18.1. The van der Waals surface area contributed by atoms with E-state index in [2.05, 4.69) is 9.78 Å². The van der Waals surface area contributed by atoms with Crippen molar-refractivity contribution in [1.29, 1.82) is 0 Å². The van der Waals surface area contributed by atoms with Crippen LogP contribution in [0.3, 0.4) is 0 Å². The van der Waals surface area contributed by atoms with Gasteiger partial charge in [-0.1, -0.05) is 0 Å². The Morgan fingerprint density at radius 1 is 1.19 bits per heavy atom. The molecule has 0 aromatic carbocycles. The number of hydrogen-bond acceptors (Lipinski definition) is 4. The second-order valence-electron chi connectivity index (χ2n) is 6.19. The summed E-state index contributed by atoms with van der Waals surface area (Å²) in [4.78, 5) is 22.1. The van der Waals surface area contributed by atoms with Gasteiger partial charge in [0.05, 0.1) is 13.1 Å². The number of ether oxygens (including phenoxy) is 1. The minimum atomic E-state index is -4.98. The summed E-state index contributed by atoms with van der Waals surface area (Å²) in [6.45, 7) is 0.174. The summed E-state index contributed by atoms with van der Waals surface area (Å²) in [6.07, 6.45) is 0.942. The minimum absolute atomic E-state index is 0.0874. The zero-order chi connectivity index (χ0) is 16.1. The predicted molar refractivity (Wildman–Crippen MR) is 71.5 cm³/mol. The van der Waals surface area contributed by atoms with E-state index in [9.17, 15) is 17.7 Å². The molecule has 9 heteroatoms. The van der Waals surface area contributed by atoms with Crippen LogP contribution in [0, 0.1) is 5.92 Å². The Balaban J connectivity index is 2.19. The van der Waals surface area contributed by atoms with Crippen LogP contribution >= 0.6 is 0 Å². The maximum Gasteiger partial charge on any atom is 0.506 e. The third-order valence-electron chi connectivity index (χ3n) is 2.91. The van der Waals surface area contributed by atoms with Gasteiger partial charge in [-0.15, -0.1) is 0 Å². The van der Waals surface area contributed by atoms with Gasteiger partial charge in [-0.3, -0.25) is 4.89 Å². The molecule has 1 saturated heterocycles. The Kier molecular flexibility index (Phi) is 6.33. The standard InChI is InChI=1S/C12H22BF3NO4/c1-12(2,3)21-11(18)17-6-4-10(5-7-17)8-19-20-9-13(14,15)16/h10H,4-9H2,1-3H3/q-1. The van der Waals surface area contributed by atoms with Gasteiger partial charge in [0.25, 0.3) is 0 Å². The van der Waals surface area contributed by atoms with E-state index in [0.29, 0.717) is 25.9 Å². The first-order chi connectivity index (χ1) is 9.57. The van der Waals surface area contributed by atoms with E-state index >= 15 is 0 Å². The van der Waals surface area contributed by atoms with Crippen LogP contribution in [0.1, 0.15) is 33.6 Å². The van der Waals surface area contributed by atoms with Crippen LogP contribution in [0.2, 0.25) is 0 Å². The largest absolute Gasteiger partial charge is 0.506 e. The van der Waals surface area contributed by atoms with Crippen LogP contribution in [0.4, 0.5) is 17.7 Å². The molecular weight excluding hydrogens is 290 g/mol. The molecule has 5 nitrogen and oxygen atoms in total. The molecule has 0 aromatic heterocycles. The number of carbonyl (C=O) groups excluding carboxylic acids is 1. The Morgan fingerprint density at radius 3 is 2.24 bits per heavy atom. The van der Waals surface area contributed by atoms with Gasteiger partial charge in [-0.05, 0) is 39.5 Å². The van der Waals surface area contributed by atoms with Crippen molar-refractivity contribution in [1.82, 2.24) is 4.90 Å². The Bertz CT molecular complexity index is 338. The summed E-state index contributed by atoms with van der Waals surface area (Å²) >= 11 is 0. The molecule has 21 heavy (non-hydrogen) atoms. The fourth-order valence-corrected chi connectivity index (χ4v) is 1.88. The molecule has 1 amide bonds. The molecule has 0 radical (unpaired) electrons. The molecule has 1 aliphatic heterocycles. The molecule has 0 spiro atoms. The first-order valence-corrected chi connectivity index (χ1v) is 7.00. The van der Waals surface area contributed by atoms with Gasteiger partial charge in [-0.25, -0.2) is 9.68 Å². The molecule has 1 aliphatic rings. The third-order valence-corrected chi connectivity index (χ3v) is 2.91. The highest BCUT2D eigenvalue weighted by Crippen LogP contribution is 2.20. The lowest BCUT2D eigenvalue weighted by Gasteiger charge is -2.33.